The molecule has 0 bridgehead atoms. The maximum absolute atomic E-state index is 12.5. The number of carbonyl (C=O) groups excluding carboxylic acids is 2. The van der Waals surface area contributed by atoms with Crippen LogP contribution < -0.4 is 5.73 Å². The molecule has 2 N–H and O–H groups in total. The summed E-state index contributed by atoms with van der Waals surface area (Å²) >= 11 is 1.60. The fourth-order valence-electron chi connectivity index (χ4n) is 3.17. The quantitative estimate of drug-likeness (QED) is 0.721. The third kappa shape index (κ3) is 2.73. The fraction of sp³-hybridized carbons (Fsp3) is 0.150. The average molecular weight is 363 g/mol. The van der Waals surface area contributed by atoms with Crippen molar-refractivity contribution in [1.29, 1.82) is 0 Å². The Morgan fingerprint density at radius 2 is 1.65 bits per heavy atom. The Labute approximate surface area is 155 Å². The summed E-state index contributed by atoms with van der Waals surface area (Å²) in [5.41, 5.74) is 12.0. The first-order valence-corrected chi connectivity index (χ1v) is 9.15. The van der Waals surface area contributed by atoms with Crippen LogP contribution in [0.15, 0.2) is 54.0 Å². The molecule has 5 nitrogen and oxygen atoms in total. The first kappa shape index (κ1) is 16.6. The molecule has 1 unspecified atom stereocenters. The molecule has 6 heteroatoms. The number of hydrogen-bond donors (Lipinski definition) is 1. The molecule has 1 aromatic heterocycles. The van der Waals surface area contributed by atoms with Crippen molar-refractivity contribution in [3.8, 4) is 10.4 Å². The molecule has 0 fully saturated rings. The van der Waals surface area contributed by atoms with E-state index in [1.54, 1.807) is 35.6 Å². The van der Waals surface area contributed by atoms with Crippen LogP contribution in [-0.4, -0.2) is 28.2 Å². The second-order valence-corrected chi connectivity index (χ2v) is 7.12. The molecule has 0 saturated carbocycles. The molecule has 26 heavy (non-hydrogen) atoms. The van der Waals surface area contributed by atoms with Crippen LogP contribution in [0.25, 0.3) is 10.4 Å². The minimum absolute atomic E-state index is 0.158. The average Bonchev–Trinajstić information content (AvgIpc) is 3.19. The van der Waals surface area contributed by atoms with Crippen molar-refractivity contribution in [2.75, 3.05) is 6.54 Å². The van der Waals surface area contributed by atoms with Crippen molar-refractivity contribution in [2.45, 2.75) is 13.0 Å². The summed E-state index contributed by atoms with van der Waals surface area (Å²) < 4.78 is 0. The zero-order chi connectivity index (χ0) is 18.3. The van der Waals surface area contributed by atoms with Crippen LogP contribution in [0.4, 0.5) is 0 Å². The van der Waals surface area contributed by atoms with Crippen LogP contribution in [0.1, 0.15) is 38.0 Å². The van der Waals surface area contributed by atoms with Crippen LogP contribution in [0.2, 0.25) is 0 Å². The Morgan fingerprint density at radius 3 is 2.19 bits per heavy atom. The second-order valence-electron chi connectivity index (χ2n) is 6.26. The first-order valence-electron chi connectivity index (χ1n) is 8.27. The van der Waals surface area contributed by atoms with Crippen LogP contribution in [0.3, 0.4) is 0 Å². The number of hydrogen-bond acceptors (Lipinski definition) is 5. The highest BCUT2D eigenvalue weighted by atomic mass is 32.1. The van der Waals surface area contributed by atoms with Crippen LogP contribution >= 0.6 is 11.3 Å². The third-order valence-corrected chi connectivity index (χ3v) is 5.58. The smallest absolute Gasteiger partial charge is 0.261 e. The normalized spacial score (nSPS) is 14.6. The molecular formula is C20H17N3O2S. The molecule has 2 heterocycles. The Morgan fingerprint density at radius 1 is 1.04 bits per heavy atom. The van der Waals surface area contributed by atoms with E-state index in [0.717, 1.165) is 21.7 Å². The van der Waals surface area contributed by atoms with Gasteiger partial charge in [0.25, 0.3) is 11.8 Å². The van der Waals surface area contributed by atoms with E-state index < -0.39 is 6.04 Å². The van der Waals surface area contributed by atoms with Gasteiger partial charge in [0.15, 0.2) is 0 Å². The van der Waals surface area contributed by atoms with E-state index in [2.05, 4.69) is 4.98 Å². The summed E-state index contributed by atoms with van der Waals surface area (Å²) in [4.78, 5) is 31.6. The molecule has 0 saturated heterocycles. The van der Waals surface area contributed by atoms with Crippen LogP contribution in [0.5, 0.6) is 0 Å². The summed E-state index contributed by atoms with van der Waals surface area (Å²) in [6, 6.07) is 14.3. The maximum atomic E-state index is 12.5. The van der Waals surface area contributed by atoms with Crippen molar-refractivity contribution < 1.29 is 9.59 Å². The second kappa shape index (κ2) is 6.48. The van der Waals surface area contributed by atoms with Gasteiger partial charge in [0.2, 0.25) is 0 Å². The molecule has 4 rings (SSSR count). The van der Waals surface area contributed by atoms with Crippen molar-refractivity contribution in [1.82, 2.24) is 9.88 Å². The number of nitrogens with two attached hydrogens (primary N) is 1. The first-order chi connectivity index (χ1) is 12.6. The number of fused-ring (bicyclic) bond motifs is 1. The van der Waals surface area contributed by atoms with Gasteiger partial charge in [-0.1, -0.05) is 36.4 Å². The molecule has 2 amide bonds. The van der Waals surface area contributed by atoms with Crippen molar-refractivity contribution in [3.05, 3.63) is 76.4 Å². The van der Waals surface area contributed by atoms with E-state index in [-0.39, 0.29) is 18.4 Å². The number of imide groups is 1. The number of carbonyl (C=O) groups is 2. The molecule has 3 aromatic rings. The number of amides is 2. The molecule has 0 spiro atoms. The summed E-state index contributed by atoms with van der Waals surface area (Å²) in [6.07, 6.45) is 0. The van der Waals surface area contributed by atoms with Gasteiger partial charge in [-0.25, -0.2) is 4.98 Å². The van der Waals surface area contributed by atoms with Crippen molar-refractivity contribution in [2.24, 2.45) is 5.73 Å². The minimum atomic E-state index is -0.436. The Hall–Kier alpha value is -2.83. The lowest BCUT2D eigenvalue weighted by molar-refractivity contribution is 0.0644. The number of benzene rings is 2. The predicted molar refractivity (Wildman–Crippen MR) is 101 cm³/mol. The number of nitrogens with zero attached hydrogens (tertiary/aromatic N) is 2. The Bertz CT molecular complexity index is 959. The molecule has 130 valence electrons. The molecule has 1 aliphatic rings. The van der Waals surface area contributed by atoms with E-state index in [1.807, 2.05) is 36.7 Å². The zero-order valence-electron chi connectivity index (χ0n) is 14.2. The zero-order valence-corrected chi connectivity index (χ0v) is 15.0. The highest BCUT2D eigenvalue weighted by molar-refractivity contribution is 7.13. The lowest BCUT2D eigenvalue weighted by Crippen LogP contribution is -2.36. The van der Waals surface area contributed by atoms with Crippen LogP contribution in [0, 0.1) is 6.92 Å². The lowest BCUT2D eigenvalue weighted by Gasteiger charge is -2.19. The molecular weight excluding hydrogens is 346 g/mol. The van der Waals surface area contributed by atoms with Crippen molar-refractivity contribution >= 4 is 23.2 Å². The van der Waals surface area contributed by atoms with Gasteiger partial charge >= 0.3 is 0 Å². The van der Waals surface area contributed by atoms with Gasteiger partial charge in [-0.3, -0.25) is 14.5 Å². The summed E-state index contributed by atoms with van der Waals surface area (Å²) in [5.74, 6) is -0.559. The topological polar surface area (TPSA) is 76.3 Å². The standard InChI is InChI=1S/C20H17N3O2S/c1-12-18(26-11-22-12)14-8-6-13(7-9-14)17(21)10-23-19(24)15-4-2-3-5-16(15)20(23)25/h2-9,11,17H,10,21H2,1H3. The van der Waals surface area contributed by atoms with Crippen molar-refractivity contribution in [3.63, 3.8) is 0 Å². The van der Waals surface area contributed by atoms with Gasteiger partial charge in [0.05, 0.1) is 27.2 Å². The third-order valence-electron chi connectivity index (χ3n) is 4.60. The molecule has 2 aromatic carbocycles. The SMILES string of the molecule is Cc1ncsc1-c1ccc(C(N)CN2C(=O)c3ccccc3C2=O)cc1. The van der Waals surface area contributed by atoms with Gasteiger partial charge in [-0.2, -0.15) is 0 Å². The summed E-state index contributed by atoms with van der Waals surface area (Å²) in [7, 11) is 0. The molecule has 1 aliphatic heterocycles. The molecule has 0 radical (unpaired) electrons. The van der Waals surface area contributed by atoms with Gasteiger partial charge < -0.3 is 5.73 Å². The molecule has 0 aliphatic carbocycles. The highest BCUT2D eigenvalue weighted by Gasteiger charge is 2.35. The Kier molecular flexibility index (Phi) is 4.14. The Balaban J connectivity index is 1.52. The van der Waals surface area contributed by atoms with Crippen LogP contribution in [-0.2, 0) is 0 Å². The minimum Gasteiger partial charge on any atom is -0.322 e. The maximum Gasteiger partial charge on any atom is 0.261 e. The largest absolute Gasteiger partial charge is 0.322 e. The predicted octanol–water partition coefficient (Wildman–Crippen LogP) is 3.41. The van der Waals surface area contributed by atoms with Gasteiger partial charge in [-0.15, -0.1) is 11.3 Å². The highest BCUT2D eigenvalue weighted by Crippen LogP contribution is 2.29. The number of rotatable bonds is 4. The van der Waals surface area contributed by atoms with E-state index >= 15 is 0 Å². The van der Waals surface area contributed by atoms with Gasteiger partial charge in [0, 0.05) is 12.6 Å². The van der Waals surface area contributed by atoms with Gasteiger partial charge in [-0.05, 0) is 30.2 Å². The number of aromatic nitrogens is 1. The summed E-state index contributed by atoms with van der Waals surface area (Å²) in [6.45, 7) is 2.14. The lowest BCUT2D eigenvalue weighted by atomic mass is 10.0. The monoisotopic (exact) mass is 363 g/mol. The fourth-order valence-corrected chi connectivity index (χ4v) is 3.98. The number of aryl methyl sites for hydroxylation is 1. The number of thiazole rings is 1. The van der Waals surface area contributed by atoms with E-state index in [4.69, 9.17) is 5.73 Å². The molecule has 1 atom stereocenters. The van der Waals surface area contributed by atoms with E-state index in [1.165, 1.54) is 4.90 Å². The van der Waals surface area contributed by atoms with E-state index in [0.29, 0.717) is 11.1 Å². The van der Waals surface area contributed by atoms with Gasteiger partial charge in [0.1, 0.15) is 0 Å². The van der Waals surface area contributed by atoms with E-state index in [9.17, 15) is 9.59 Å². The summed E-state index contributed by atoms with van der Waals surface area (Å²) in [5, 5.41) is 0.